The van der Waals surface area contributed by atoms with E-state index in [0.29, 0.717) is 22.1 Å². The normalized spacial score (nSPS) is 12.4. The number of hydrogen-bond donors (Lipinski definition) is 2. The molecule has 4 aromatic rings. The standard InChI is InChI=1S/C25H22BrNO6/c1-12(2)23(24(29)30)27-22(28)9-17-13(3)16-8-18-19(14-4-6-15(26)7-5-14)11-32-20(18)10-21(16)33-25(17)31/h4-8,10-12,23H,9H2,1-3H3,(H,27,28)(H,29,30)/t23-/m1/s1. The lowest BCUT2D eigenvalue weighted by Crippen LogP contribution is -2.45. The second-order valence-corrected chi connectivity index (χ2v) is 9.21. The molecular weight excluding hydrogens is 490 g/mol. The first-order chi connectivity index (χ1) is 15.7. The Hall–Kier alpha value is -3.39. The van der Waals surface area contributed by atoms with Gasteiger partial charge in [0.2, 0.25) is 5.91 Å². The summed E-state index contributed by atoms with van der Waals surface area (Å²) >= 11 is 3.43. The molecule has 2 aromatic carbocycles. The summed E-state index contributed by atoms with van der Waals surface area (Å²) in [5.41, 5.74) is 2.97. The maximum atomic E-state index is 12.6. The van der Waals surface area contributed by atoms with Gasteiger partial charge in [-0.1, -0.05) is 41.9 Å². The van der Waals surface area contributed by atoms with Gasteiger partial charge in [-0.25, -0.2) is 9.59 Å². The molecular formula is C25H22BrNO6. The van der Waals surface area contributed by atoms with Crippen molar-refractivity contribution in [2.45, 2.75) is 33.2 Å². The third-order valence-corrected chi connectivity index (χ3v) is 6.25. The van der Waals surface area contributed by atoms with Crippen LogP contribution in [0.2, 0.25) is 0 Å². The van der Waals surface area contributed by atoms with Gasteiger partial charge in [0.1, 0.15) is 17.2 Å². The number of benzene rings is 2. The van der Waals surface area contributed by atoms with Crippen LogP contribution in [0.3, 0.4) is 0 Å². The molecule has 33 heavy (non-hydrogen) atoms. The second kappa shape index (κ2) is 8.86. The number of fused-ring (bicyclic) bond motifs is 2. The zero-order valence-corrected chi connectivity index (χ0v) is 19.9. The van der Waals surface area contributed by atoms with Crippen LogP contribution in [0.1, 0.15) is 25.0 Å². The molecule has 4 rings (SSSR count). The van der Waals surface area contributed by atoms with E-state index in [1.807, 2.05) is 30.3 Å². The molecule has 0 aliphatic heterocycles. The van der Waals surface area contributed by atoms with Gasteiger partial charge in [-0.05, 0) is 42.2 Å². The van der Waals surface area contributed by atoms with Gasteiger partial charge < -0.3 is 19.3 Å². The van der Waals surface area contributed by atoms with Crippen LogP contribution < -0.4 is 10.9 Å². The number of furan rings is 1. The van der Waals surface area contributed by atoms with Crippen molar-refractivity contribution in [3.8, 4) is 11.1 Å². The van der Waals surface area contributed by atoms with Crippen molar-refractivity contribution in [1.82, 2.24) is 5.32 Å². The van der Waals surface area contributed by atoms with E-state index in [-0.39, 0.29) is 17.9 Å². The van der Waals surface area contributed by atoms with Gasteiger partial charge in [-0.3, -0.25) is 4.79 Å². The highest BCUT2D eigenvalue weighted by molar-refractivity contribution is 9.10. The molecule has 8 heteroatoms. The zero-order chi connectivity index (χ0) is 23.9. The number of amides is 1. The SMILES string of the molecule is Cc1c(CC(=O)N[C@@H](C(=O)O)C(C)C)c(=O)oc2cc3occ(-c4ccc(Br)cc4)c3cc12. The van der Waals surface area contributed by atoms with E-state index < -0.39 is 23.5 Å². The first-order valence-electron chi connectivity index (χ1n) is 10.4. The number of nitrogens with one attached hydrogen (secondary N) is 1. The molecule has 0 unspecified atom stereocenters. The molecule has 0 radical (unpaired) electrons. The average molecular weight is 512 g/mol. The van der Waals surface area contributed by atoms with E-state index >= 15 is 0 Å². The van der Waals surface area contributed by atoms with Crippen LogP contribution in [-0.4, -0.2) is 23.0 Å². The summed E-state index contributed by atoms with van der Waals surface area (Å²) in [5.74, 6) is -1.97. The van der Waals surface area contributed by atoms with E-state index in [0.717, 1.165) is 21.0 Å². The quantitative estimate of drug-likeness (QED) is 0.350. The molecule has 2 N–H and O–H groups in total. The lowest BCUT2D eigenvalue weighted by Gasteiger charge is -2.18. The van der Waals surface area contributed by atoms with Gasteiger partial charge >= 0.3 is 11.6 Å². The summed E-state index contributed by atoms with van der Waals surface area (Å²) in [4.78, 5) is 36.6. The summed E-state index contributed by atoms with van der Waals surface area (Å²) in [7, 11) is 0. The Morgan fingerprint density at radius 3 is 2.42 bits per heavy atom. The number of aryl methyl sites for hydroxylation is 1. The average Bonchev–Trinajstić information content (AvgIpc) is 3.16. The highest BCUT2D eigenvalue weighted by Crippen LogP contribution is 2.35. The summed E-state index contributed by atoms with van der Waals surface area (Å²) in [6.45, 7) is 5.16. The summed E-state index contributed by atoms with van der Waals surface area (Å²) < 4.78 is 12.2. The maximum absolute atomic E-state index is 12.6. The summed E-state index contributed by atoms with van der Waals surface area (Å²) in [6, 6.07) is 10.4. The van der Waals surface area contributed by atoms with E-state index in [2.05, 4.69) is 21.2 Å². The van der Waals surface area contributed by atoms with Gasteiger partial charge in [0.15, 0.2) is 0 Å². The van der Waals surface area contributed by atoms with Crippen molar-refractivity contribution < 1.29 is 23.5 Å². The van der Waals surface area contributed by atoms with Crippen LogP contribution in [0.25, 0.3) is 33.1 Å². The second-order valence-electron chi connectivity index (χ2n) is 8.30. The molecule has 170 valence electrons. The number of carboxylic acid groups (broad SMARTS) is 1. The Morgan fingerprint density at radius 1 is 1.09 bits per heavy atom. The molecule has 1 atom stereocenters. The Morgan fingerprint density at radius 2 is 1.79 bits per heavy atom. The number of hydrogen-bond acceptors (Lipinski definition) is 5. The van der Waals surface area contributed by atoms with Crippen LogP contribution in [0.15, 0.2) is 60.8 Å². The number of rotatable bonds is 6. The maximum Gasteiger partial charge on any atom is 0.340 e. The number of aliphatic carboxylic acids is 1. The van der Waals surface area contributed by atoms with Crippen molar-refractivity contribution in [3.05, 3.63) is 68.7 Å². The number of halogens is 1. The van der Waals surface area contributed by atoms with E-state index in [4.69, 9.17) is 8.83 Å². The molecule has 0 bridgehead atoms. The minimum absolute atomic E-state index is 0.195. The molecule has 7 nitrogen and oxygen atoms in total. The Bertz CT molecular complexity index is 1430. The predicted octanol–water partition coefficient (Wildman–Crippen LogP) is 5.05. The molecule has 0 spiro atoms. The Kier molecular flexibility index (Phi) is 6.12. The molecule has 0 saturated heterocycles. The lowest BCUT2D eigenvalue weighted by atomic mass is 9.99. The summed E-state index contributed by atoms with van der Waals surface area (Å²) in [6.07, 6.45) is 1.39. The van der Waals surface area contributed by atoms with Crippen molar-refractivity contribution >= 4 is 49.7 Å². The van der Waals surface area contributed by atoms with Gasteiger partial charge in [0, 0.05) is 26.9 Å². The van der Waals surface area contributed by atoms with Crippen LogP contribution in [0.5, 0.6) is 0 Å². The molecule has 2 heterocycles. The summed E-state index contributed by atoms with van der Waals surface area (Å²) in [5, 5.41) is 13.3. The van der Waals surface area contributed by atoms with Crippen LogP contribution >= 0.6 is 15.9 Å². The monoisotopic (exact) mass is 511 g/mol. The van der Waals surface area contributed by atoms with Crippen LogP contribution in [-0.2, 0) is 16.0 Å². The Balaban J connectivity index is 1.76. The topological polar surface area (TPSA) is 110 Å². The first kappa shape index (κ1) is 22.8. The predicted molar refractivity (Wildman–Crippen MR) is 128 cm³/mol. The minimum atomic E-state index is -1.12. The highest BCUT2D eigenvalue weighted by Gasteiger charge is 2.25. The molecule has 1 amide bonds. The fourth-order valence-corrected chi connectivity index (χ4v) is 4.13. The first-order valence-corrected chi connectivity index (χ1v) is 11.2. The smallest absolute Gasteiger partial charge is 0.340 e. The van der Waals surface area contributed by atoms with Crippen LogP contribution in [0.4, 0.5) is 0 Å². The van der Waals surface area contributed by atoms with E-state index in [1.165, 1.54) is 0 Å². The molecule has 2 aromatic heterocycles. The lowest BCUT2D eigenvalue weighted by molar-refractivity contribution is -0.143. The largest absolute Gasteiger partial charge is 0.480 e. The molecule has 0 saturated carbocycles. The third-order valence-electron chi connectivity index (χ3n) is 5.72. The Labute approximate surface area is 197 Å². The van der Waals surface area contributed by atoms with Crippen molar-refractivity contribution in [1.29, 1.82) is 0 Å². The van der Waals surface area contributed by atoms with E-state index in [1.54, 1.807) is 33.1 Å². The van der Waals surface area contributed by atoms with Crippen molar-refractivity contribution in [2.75, 3.05) is 0 Å². The highest BCUT2D eigenvalue weighted by atomic mass is 79.9. The molecule has 0 aliphatic carbocycles. The fourth-order valence-electron chi connectivity index (χ4n) is 3.87. The van der Waals surface area contributed by atoms with E-state index in [9.17, 15) is 19.5 Å². The number of carbonyl (C=O) groups is 2. The third kappa shape index (κ3) is 4.43. The van der Waals surface area contributed by atoms with Crippen molar-refractivity contribution in [3.63, 3.8) is 0 Å². The van der Waals surface area contributed by atoms with Gasteiger partial charge in [-0.2, -0.15) is 0 Å². The van der Waals surface area contributed by atoms with Gasteiger partial charge in [0.05, 0.1) is 18.2 Å². The number of carboxylic acids is 1. The minimum Gasteiger partial charge on any atom is -0.480 e. The van der Waals surface area contributed by atoms with Crippen LogP contribution in [0, 0.1) is 12.8 Å². The van der Waals surface area contributed by atoms with Gasteiger partial charge in [-0.15, -0.1) is 0 Å². The molecule has 0 aliphatic rings. The molecule has 0 fully saturated rings. The van der Waals surface area contributed by atoms with Gasteiger partial charge in [0.25, 0.3) is 0 Å². The number of carbonyl (C=O) groups excluding carboxylic acids is 1. The zero-order valence-electron chi connectivity index (χ0n) is 18.3. The fraction of sp³-hybridized carbons (Fsp3) is 0.240. The van der Waals surface area contributed by atoms with Crippen molar-refractivity contribution in [2.24, 2.45) is 5.92 Å².